The van der Waals surface area contributed by atoms with Crippen molar-refractivity contribution in [2.45, 2.75) is 6.04 Å². The Balaban J connectivity index is 1.60. The molecule has 3 aromatic carbocycles. The minimum atomic E-state index is -0.481. The molecule has 1 fully saturated rings. The van der Waals surface area contributed by atoms with Gasteiger partial charge in [-0.1, -0.05) is 67.2 Å². The predicted octanol–water partition coefficient (Wildman–Crippen LogP) is 5.01. The molecule has 144 valence electrons. The summed E-state index contributed by atoms with van der Waals surface area (Å²) in [6.07, 6.45) is 0. The molecule has 2 N–H and O–H groups in total. The van der Waals surface area contributed by atoms with Gasteiger partial charge in [-0.15, -0.1) is 0 Å². The van der Waals surface area contributed by atoms with Crippen LogP contribution in [0.1, 0.15) is 22.0 Å². The van der Waals surface area contributed by atoms with Gasteiger partial charge >= 0.3 is 0 Å². The third-order valence-electron chi connectivity index (χ3n) is 4.83. The van der Waals surface area contributed by atoms with Crippen LogP contribution in [-0.2, 0) is 0 Å². The van der Waals surface area contributed by atoms with Crippen molar-refractivity contribution in [3.63, 3.8) is 0 Å². The number of ketones is 1. The number of rotatable bonds is 5. The standard InChI is InChI=1S/C24H20N2O2S/c1-16-21(23(27)18-8-4-2-5-9-18)22(26-24(29)25-16)17-12-14-20(15-13-17)28-19-10-6-3-7-11-19/h2-15,21-22H,1H2,(H2,25,26,29)/t21-,22+/m0/s1. The van der Waals surface area contributed by atoms with E-state index in [1.54, 1.807) is 0 Å². The maximum absolute atomic E-state index is 13.2. The molecule has 0 amide bonds. The van der Waals surface area contributed by atoms with E-state index in [1.807, 2.05) is 84.9 Å². The van der Waals surface area contributed by atoms with Crippen LogP contribution in [0.25, 0.3) is 0 Å². The number of hydrogen-bond donors (Lipinski definition) is 2. The van der Waals surface area contributed by atoms with Gasteiger partial charge in [0.25, 0.3) is 0 Å². The van der Waals surface area contributed by atoms with E-state index in [-0.39, 0.29) is 11.8 Å². The summed E-state index contributed by atoms with van der Waals surface area (Å²) in [7, 11) is 0. The summed E-state index contributed by atoms with van der Waals surface area (Å²) in [6.45, 7) is 4.06. The molecule has 2 atom stereocenters. The summed E-state index contributed by atoms with van der Waals surface area (Å²) in [5.74, 6) is 1.01. The van der Waals surface area contributed by atoms with E-state index in [0.29, 0.717) is 16.4 Å². The van der Waals surface area contributed by atoms with Crippen LogP contribution in [0.4, 0.5) is 0 Å². The van der Waals surface area contributed by atoms with Gasteiger partial charge in [0.15, 0.2) is 10.9 Å². The van der Waals surface area contributed by atoms with Crippen molar-refractivity contribution in [1.29, 1.82) is 0 Å². The first-order valence-electron chi connectivity index (χ1n) is 9.30. The van der Waals surface area contributed by atoms with E-state index in [2.05, 4.69) is 17.2 Å². The molecule has 29 heavy (non-hydrogen) atoms. The molecule has 1 aliphatic heterocycles. The molecule has 4 rings (SSSR count). The first kappa shape index (κ1) is 18.9. The van der Waals surface area contributed by atoms with Crippen LogP contribution >= 0.6 is 12.2 Å². The lowest BCUT2D eigenvalue weighted by Crippen LogP contribution is -2.50. The quantitative estimate of drug-likeness (QED) is 0.466. The zero-order chi connectivity index (χ0) is 20.2. The number of Topliss-reactive ketones (excluding diaryl/α,β-unsaturated/α-hetero) is 1. The maximum Gasteiger partial charge on any atom is 0.174 e. The molecule has 3 aromatic rings. The molecule has 0 bridgehead atoms. The number of para-hydroxylation sites is 1. The zero-order valence-electron chi connectivity index (χ0n) is 15.7. The summed E-state index contributed by atoms with van der Waals surface area (Å²) in [5.41, 5.74) is 2.17. The second-order valence-corrected chi connectivity index (χ2v) is 7.20. The highest BCUT2D eigenvalue weighted by atomic mass is 32.1. The largest absolute Gasteiger partial charge is 0.457 e. The van der Waals surface area contributed by atoms with Crippen molar-refractivity contribution in [3.05, 3.63) is 108 Å². The first-order valence-corrected chi connectivity index (χ1v) is 9.71. The Morgan fingerprint density at radius 1 is 0.862 bits per heavy atom. The lowest BCUT2D eigenvalue weighted by molar-refractivity contribution is 0.0912. The highest BCUT2D eigenvalue weighted by Gasteiger charge is 2.36. The van der Waals surface area contributed by atoms with Crippen LogP contribution in [-0.4, -0.2) is 10.9 Å². The average Bonchev–Trinajstić information content (AvgIpc) is 2.75. The van der Waals surface area contributed by atoms with Gasteiger partial charge in [-0.3, -0.25) is 4.79 Å². The highest BCUT2D eigenvalue weighted by Crippen LogP contribution is 2.33. The molecular formula is C24H20N2O2S. The van der Waals surface area contributed by atoms with E-state index in [0.717, 1.165) is 17.1 Å². The maximum atomic E-state index is 13.2. The normalized spacial score (nSPS) is 18.5. The second kappa shape index (κ2) is 8.29. The Hall–Kier alpha value is -3.44. The number of nitrogens with one attached hydrogen (secondary N) is 2. The minimum absolute atomic E-state index is 0.00675. The summed E-state index contributed by atoms with van der Waals surface area (Å²) in [5, 5.41) is 6.69. The predicted molar refractivity (Wildman–Crippen MR) is 118 cm³/mol. The van der Waals surface area contributed by atoms with Crippen LogP contribution < -0.4 is 15.4 Å². The lowest BCUT2D eigenvalue weighted by atomic mass is 9.83. The van der Waals surface area contributed by atoms with Crippen molar-refractivity contribution in [1.82, 2.24) is 10.6 Å². The van der Waals surface area contributed by atoms with Crippen molar-refractivity contribution >= 4 is 23.1 Å². The number of carbonyl (C=O) groups excluding carboxylic acids is 1. The van der Waals surface area contributed by atoms with Crippen LogP contribution in [0.2, 0.25) is 0 Å². The van der Waals surface area contributed by atoms with Gasteiger partial charge in [-0.2, -0.15) is 0 Å². The van der Waals surface area contributed by atoms with Gasteiger partial charge in [-0.25, -0.2) is 0 Å². The van der Waals surface area contributed by atoms with Crippen LogP contribution in [0.3, 0.4) is 0 Å². The lowest BCUT2D eigenvalue weighted by Gasteiger charge is -2.35. The molecule has 1 heterocycles. The van der Waals surface area contributed by atoms with E-state index in [4.69, 9.17) is 17.0 Å². The number of benzene rings is 3. The van der Waals surface area contributed by atoms with Gasteiger partial charge in [0, 0.05) is 11.3 Å². The fraction of sp³-hybridized carbons (Fsp3) is 0.0833. The van der Waals surface area contributed by atoms with Gasteiger partial charge in [0.05, 0.1) is 12.0 Å². The van der Waals surface area contributed by atoms with Gasteiger partial charge in [-0.05, 0) is 42.0 Å². The fourth-order valence-electron chi connectivity index (χ4n) is 3.42. The number of carbonyl (C=O) groups is 1. The van der Waals surface area contributed by atoms with Gasteiger partial charge in [0.2, 0.25) is 0 Å². The molecule has 5 heteroatoms. The first-order chi connectivity index (χ1) is 14.1. The SMILES string of the molecule is C=C1NC(=S)N[C@H](c2ccc(Oc3ccccc3)cc2)[C@H]1C(=O)c1ccccc1. The van der Waals surface area contributed by atoms with Crippen molar-refractivity contribution in [3.8, 4) is 11.5 Å². The molecule has 0 aromatic heterocycles. The molecule has 0 spiro atoms. The summed E-state index contributed by atoms with van der Waals surface area (Å²) in [4.78, 5) is 13.2. The fourth-order valence-corrected chi connectivity index (χ4v) is 3.68. The average molecular weight is 401 g/mol. The molecular weight excluding hydrogens is 380 g/mol. The van der Waals surface area contributed by atoms with Gasteiger partial charge in [0.1, 0.15) is 11.5 Å². The monoisotopic (exact) mass is 400 g/mol. The number of hydrogen-bond acceptors (Lipinski definition) is 3. The number of ether oxygens (including phenoxy) is 1. The van der Waals surface area contributed by atoms with Crippen LogP contribution in [0, 0.1) is 5.92 Å². The van der Waals surface area contributed by atoms with Gasteiger partial charge < -0.3 is 15.4 Å². The summed E-state index contributed by atoms with van der Waals surface area (Å²) in [6, 6.07) is 26.2. The minimum Gasteiger partial charge on any atom is -0.457 e. The molecule has 0 radical (unpaired) electrons. The molecule has 1 aliphatic rings. The Kier molecular flexibility index (Phi) is 5.40. The van der Waals surface area contributed by atoms with E-state index >= 15 is 0 Å². The molecule has 1 saturated heterocycles. The topological polar surface area (TPSA) is 50.4 Å². The highest BCUT2D eigenvalue weighted by molar-refractivity contribution is 7.80. The van der Waals surface area contributed by atoms with E-state index in [9.17, 15) is 4.79 Å². The molecule has 0 unspecified atom stereocenters. The van der Waals surface area contributed by atoms with E-state index < -0.39 is 5.92 Å². The van der Waals surface area contributed by atoms with Crippen LogP contribution in [0.5, 0.6) is 11.5 Å². The Morgan fingerprint density at radius 3 is 2.10 bits per heavy atom. The zero-order valence-corrected chi connectivity index (χ0v) is 16.5. The Labute approximate surface area is 175 Å². The summed E-state index contributed by atoms with van der Waals surface area (Å²) >= 11 is 5.31. The van der Waals surface area contributed by atoms with Crippen molar-refractivity contribution in [2.75, 3.05) is 0 Å². The number of thiocarbonyl (C=S) groups is 1. The van der Waals surface area contributed by atoms with Crippen molar-refractivity contribution < 1.29 is 9.53 Å². The van der Waals surface area contributed by atoms with E-state index in [1.165, 1.54) is 0 Å². The smallest absolute Gasteiger partial charge is 0.174 e. The third kappa shape index (κ3) is 4.20. The van der Waals surface area contributed by atoms with Crippen LogP contribution in [0.15, 0.2) is 97.2 Å². The Morgan fingerprint density at radius 2 is 1.45 bits per heavy atom. The molecule has 0 aliphatic carbocycles. The Bertz CT molecular complexity index is 1030. The molecule has 4 nitrogen and oxygen atoms in total. The molecule has 0 saturated carbocycles. The van der Waals surface area contributed by atoms with Crippen molar-refractivity contribution in [2.24, 2.45) is 5.92 Å². The summed E-state index contributed by atoms with van der Waals surface area (Å²) < 4.78 is 5.86. The third-order valence-corrected chi connectivity index (χ3v) is 5.05. The second-order valence-electron chi connectivity index (χ2n) is 6.79.